The highest BCUT2D eigenvalue weighted by Crippen LogP contribution is 2.28. The Labute approximate surface area is 139 Å². The number of rotatable bonds is 2. The van der Waals surface area contributed by atoms with Crippen molar-refractivity contribution >= 4 is 16.8 Å². The standard InChI is InChI=1S/C18H19FN4O/c1-12-20-6-8-22(12)11-18(24)23-7-2-3-16-15(10-23)14-9-13(19)4-5-17(14)21-16/h4-6,8-9,21H,2-3,7,10-11H2,1H3. The summed E-state index contributed by atoms with van der Waals surface area (Å²) >= 11 is 0. The zero-order chi connectivity index (χ0) is 16.7. The number of fused-ring (bicyclic) bond motifs is 3. The van der Waals surface area contributed by atoms with Crippen molar-refractivity contribution < 1.29 is 9.18 Å². The van der Waals surface area contributed by atoms with Gasteiger partial charge in [0.2, 0.25) is 5.91 Å². The summed E-state index contributed by atoms with van der Waals surface area (Å²) in [4.78, 5) is 22.1. The first-order chi connectivity index (χ1) is 11.6. The van der Waals surface area contributed by atoms with Gasteiger partial charge < -0.3 is 14.5 Å². The first kappa shape index (κ1) is 14.9. The molecule has 1 aliphatic heterocycles. The highest BCUT2D eigenvalue weighted by molar-refractivity contribution is 5.85. The summed E-state index contributed by atoms with van der Waals surface area (Å²) in [5, 5.41) is 0.878. The van der Waals surface area contributed by atoms with Crippen LogP contribution in [-0.2, 0) is 24.3 Å². The number of H-pyrrole nitrogens is 1. The highest BCUT2D eigenvalue weighted by Gasteiger charge is 2.22. The Morgan fingerprint density at radius 2 is 2.29 bits per heavy atom. The van der Waals surface area contributed by atoms with Crippen molar-refractivity contribution in [1.82, 2.24) is 19.4 Å². The average Bonchev–Trinajstić information content (AvgIpc) is 3.03. The third-order valence-electron chi connectivity index (χ3n) is 4.74. The molecule has 0 atom stereocenters. The van der Waals surface area contributed by atoms with Crippen LogP contribution in [0.4, 0.5) is 4.39 Å². The Hall–Kier alpha value is -2.63. The molecule has 1 aliphatic rings. The first-order valence-electron chi connectivity index (χ1n) is 8.16. The zero-order valence-corrected chi connectivity index (χ0v) is 13.6. The molecule has 0 spiro atoms. The van der Waals surface area contributed by atoms with Gasteiger partial charge in [-0.2, -0.15) is 0 Å². The molecule has 0 saturated carbocycles. The lowest BCUT2D eigenvalue weighted by Gasteiger charge is -2.21. The van der Waals surface area contributed by atoms with Gasteiger partial charge in [-0.25, -0.2) is 9.37 Å². The third kappa shape index (κ3) is 2.58. The van der Waals surface area contributed by atoms with Crippen molar-refractivity contribution in [2.45, 2.75) is 32.9 Å². The van der Waals surface area contributed by atoms with Crippen LogP contribution in [0.3, 0.4) is 0 Å². The molecule has 0 unspecified atom stereocenters. The minimum atomic E-state index is -0.250. The molecule has 124 valence electrons. The van der Waals surface area contributed by atoms with E-state index in [1.165, 1.54) is 6.07 Å². The number of aromatic amines is 1. The fourth-order valence-corrected chi connectivity index (χ4v) is 3.42. The summed E-state index contributed by atoms with van der Waals surface area (Å²) in [6.07, 6.45) is 5.29. The Morgan fingerprint density at radius 3 is 3.08 bits per heavy atom. The minimum Gasteiger partial charge on any atom is -0.358 e. The molecule has 3 heterocycles. The van der Waals surface area contributed by atoms with Crippen LogP contribution in [0.2, 0.25) is 0 Å². The van der Waals surface area contributed by atoms with Crippen molar-refractivity contribution in [3.63, 3.8) is 0 Å². The molecule has 1 amide bonds. The van der Waals surface area contributed by atoms with Crippen LogP contribution in [0.25, 0.3) is 10.9 Å². The fraction of sp³-hybridized carbons (Fsp3) is 0.333. The van der Waals surface area contributed by atoms with E-state index in [1.807, 2.05) is 22.6 Å². The maximum absolute atomic E-state index is 13.6. The Morgan fingerprint density at radius 1 is 1.42 bits per heavy atom. The fourth-order valence-electron chi connectivity index (χ4n) is 3.42. The van der Waals surface area contributed by atoms with E-state index in [0.29, 0.717) is 13.1 Å². The van der Waals surface area contributed by atoms with Crippen molar-refractivity contribution in [1.29, 1.82) is 0 Å². The number of hydrogen-bond donors (Lipinski definition) is 1. The summed E-state index contributed by atoms with van der Waals surface area (Å²) in [6, 6.07) is 4.78. The number of nitrogens with one attached hydrogen (secondary N) is 1. The third-order valence-corrected chi connectivity index (χ3v) is 4.74. The smallest absolute Gasteiger partial charge is 0.242 e. The summed E-state index contributed by atoms with van der Waals surface area (Å²) in [5.74, 6) is 0.642. The van der Waals surface area contributed by atoms with Crippen molar-refractivity contribution in [2.24, 2.45) is 0 Å². The van der Waals surface area contributed by atoms with Crippen molar-refractivity contribution in [3.8, 4) is 0 Å². The number of nitrogens with zero attached hydrogens (tertiary/aromatic N) is 3. The van der Waals surface area contributed by atoms with E-state index in [9.17, 15) is 9.18 Å². The monoisotopic (exact) mass is 326 g/mol. The van der Waals surface area contributed by atoms with Crippen LogP contribution in [0.15, 0.2) is 30.6 Å². The van der Waals surface area contributed by atoms with E-state index < -0.39 is 0 Å². The molecular formula is C18H19FN4O. The molecule has 0 saturated heterocycles. The molecule has 0 radical (unpaired) electrons. The quantitative estimate of drug-likeness (QED) is 0.787. The Balaban J connectivity index is 1.63. The Kier molecular flexibility index (Phi) is 3.59. The van der Waals surface area contributed by atoms with Crippen LogP contribution < -0.4 is 0 Å². The van der Waals surface area contributed by atoms with Gasteiger partial charge in [0.05, 0.1) is 0 Å². The summed E-state index contributed by atoms with van der Waals surface area (Å²) < 4.78 is 15.5. The van der Waals surface area contributed by atoms with Gasteiger partial charge in [-0.1, -0.05) is 0 Å². The topological polar surface area (TPSA) is 53.9 Å². The van der Waals surface area contributed by atoms with Gasteiger partial charge in [0.1, 0.15) is 18.2 Å². The van der Waals surface area contributed by atoms with E-state index >= 15 is 0 Å². The maximum atomic E-state index is 13.6. The number of carbonyl (C=O) groups excluding carboxylic acids is 1. The Bertz CT molecular complexity index is 911. The van der Waals surface area contributed by atoms with Crippen molar-refractivity contribution in [2.75, 3.05) is 6.54 Å². The average molecular weight is 326 g/mol. The van der Waals surface area contributed by atoms with E-state index in [4.69, 9.17) is 0 Å². The number of carbonyl (C=O) groups is 1. The molecule has 1 aromatic carbocycles. The van der Waals surface area contributed by atoms with Crippen LogP contribution in [0, 0.1) is 12.7 Å². The molecule has 3 aromatic rings. The lowest BCUT2D eigenvalue weighted by atomic mass is 10.1. The number of benzene rings is 1. The second kappa shape index (κ2) is 5.78. The summed E-state index contributed by atoms with van der Waals surface area (Å²) in [7, 11) is 0. The second-order valence-electron chi connectivity index (χ2n) is 6.29. The van der Waals surface area contributed by atoms with Crippen LogP contribution in [0.5, 0.6) is 0 Å². The molecule has 0 fully saturated rings. The molecule has 0 aliphatic carbocycles. The number of amides is 1. The summed E-state index contributed by atoms with van der Waals surface area (Å²) in [6.45, 7) is 3.41. The van der Waals surface area contributed by atoms with E-state index in [2.05, 4.69) is 9.97 Å². The number of aromatic nitrogens is 3. The first-order valence-corrected chi connectivity index (χ1v) is 8.16. The maximum Gasteiger partial charge on any atom is 0.242 e. The molecule has 6 heteroatoms. The molecule has 4 rings (SSSR count). The minimum absolute atomic E-state index is 0.0645. The molecule has 24 heavy (non-hydrogen) atoms. The van der Waals surface area contributed by atoms with Gasteiger partial charge >= 0.3 is 0 Å². The number of halogens is 1. The van der Waals surface area contributed by atoms with Gasteiger partial charge in [0.15, 0.2) is 0 Å². The molecule has 5 nitrogen and oxygen atoms in total. The normalized spacial score (nSPS) is 14.7. The lowest BCUT2D eigenvalue weighted by Crippen LogP contribution is -2.33. The van der Waals surface area contributed by atoms with E-state index in [0.717, 1.165) is 40.8 Å². The van der Waals surface area contributed by atoms with E-state index in [-0.39, 0.29) is 18.3 Å². The van der Waals surface area contributed by atoms with Gasteiger partial charge in [-0.3, -0.25) is 4.79 Å². The molecule has 1 N–H and O–H groups in total. The van der Waals surface area contributed by atoms with Crippen LogP contribution in [-0.4, -0.2) is 31.9 Å². The predicted molar refractivity (Wildman–Crippen MR) is 89.0 cm³/mol. The van der Waals surface area contributed by atoms with Gasteiger partial charge in [-0.15, -0.1) is 0 Å². The van der Waals surface area contributed by atoms with Crippen LogP contribution in [0.1, 0.15) is 23.5 Å². The van der Waals surface area contributed by atoms with E-state index in [1.54, 1.807) is 18.3 Å². The van der Waals surface area contributed by atoms with Gasteiger partial charge in [-0.05, 0) is 38.0 Å². The highest BCUT2D eigenvalue weighted by atomic mass is 19.1. The molecule has 2 aromatic heterocycles. The second-order valence-corrected chi connectivity index (χ2v) is 6.29. The van der Waals surface area contributed by atoms with Gasteiger partial charge in [0, 0.05) is 47.6 Å². The predicted octanol–water partition coefficient (Wildman–Crippen LogP) is 2.79. The molecule has 0 bridgehead atoms. The largest absolute Gasteiger partial charge is 0.358 e. The number of aryl methyl sites for hydroxylation is 2. The zero-order valence-electron chi connectivity index (χ0n) is 13.6. The SMILES string of the molecule is Cc1nccn1CC(=O)N1CCCc2[nH]c3ccc(F)cc3c2C1. The molecular weight excluding hydrogens is 307 g/mol. The lowest BCUT2D eigenvalue weighted by molar-refractivity contribution is -0.132. The van der Waals surface area contributed by atoms with Crippen LogP contribution >= 0.6 is 0 Å². The number of imidazole rings is 1. The van der Waals surface area contributed by atoms with Crippen molar-refractivity contribution in [3.05, 3.63) is 53.5 Å². The van der Waals surface area contributed by atoms with Gasteiger partial charge in [0.25, 0.3) is 0 Å². The summed E-state index contributed by atoms with van der Waals surface area (Å²) in [5.41, 5.74) is 3.09. The number of hydrogen-bond acceptors (Lipinski definition) is 2.